The lowest BCUT2D eigenvalue weighted by molar-refractivity contribution is 0.251. The molecule has 0 aliphatic heterocycles. The minimum absolute atomic E-state index is 0.306. The van der Waals surface area contributed by atoms with Gasteiger partial charge in [0.25, 0.3) is 0 Å². The Hall–Kier alpha value is -3.52. The largest absolute Gasteiger partial charge is 0.334 e. The molecule has 0 atom stereocenters. The minimum Gasteiger partial charge on any atom is -0.334 e. The molecule has 0 saturated carbocycles. The molecule has 28 heavy (non-hydrogen) atoms. The van der Waals surface area contributed by atoms with Crippen LogP contribution in [0, 0.1) is 0 Å². The number of carbonyl (C=O) groups excluding carboxylic acids is 1. The van der Waals surface area contributed by atoms with Crippen LogP contribution in [0.2, 0.25) is 0 Å². The zero-order chi connectivity index (χ0) is 19.3. The van der Waals surface area contributed by atoms with Crippen molar-refractivity contribution in [2.45, 2.75) is 6.54 Å². The van der Waals surface area contributed by atoms with Crippen molar-refractivity contribution in [2.75, 3.05) is 5.32 Å². The molecule has 3 heterocycles. The molecular weight excluding hydrogens is 372 g/mol. The average Bonchev–Trinajstić information content (AvgIpc) is 3.36. The number of urea groups is 1. The number of pyridine rings is 1. The third kappa shape index (κ3) is 4.07. The van der Waals surface area contributed by atoms with Crippen LogP contribution in [-0.4, -0.2) is 25.8 Å². The highest BCUT2D eigenvalue weighted by Crippen LogP contribution is 2.24. The van der Waals surface area contributed by atoms with E-state index in [0.29, 0.717) is 11.7 Å². The summed E-state index contributed by atoms with van der Waals surface area (Å²) in [5.41, 5.74) is 4.68. The zero-order valence-electron chi connectivity index (χ0n) is 15.2. The number of benzene rings is 1. The van der Waals surface area contributed by atoms with E-state index in [-0.39, 0.29) is 6.03 Å². The Morgan fingerprint density at radius 2 is 2.00 bits per heavy atom. The Bertz CT molecular complexity index is 1090. The smallest absolute Gasteiger partial charge is 0.321 e. The number of nitrogens with one attached hydrogen (secondary N) is 2. The van der Waals surface area contributed by atoms with Crippen LogP contribution in [0.4, 0.5) is 9.93 Å². The van der Waals surface area contributed by atoms with Gasteiger partial charge < -0.3 is 5.32 Å². The second kappa shape index (κ2) is 8.01. The molecule has 0 unspecified atom stereocenters. The molecular formula is C20H18N6OS. The summed E-state index contributed by atoms with van der Waals surface area (Å²) in [6.07, 6.45) is 5.25. The van der Waals surface area contributed by atoms with Crippen LogP contribution in [-0.2, 0) is 13.6 Å². The van der Waals surface area contributed by atoms with Gasteiger partial charge in [-0.05, 0) is 17.7 Å². The molecule has 0 bridgehead atoms. The highest BCUT2D eigenvalue weighted by atomic mass is 32.1. The van der Waals surface area contributed by atoms with E-state index in [1.54, 1.807) is 23.3 Å². The number of amides is 2. The molecule has 0 spiro atoms. The molecule has 0 fully saturated rings. The number of aryl methyl sites for hydroxylation is 1. The molecule has 0 aliphatic carbocycles. The normalized spacial score (nSPS) is 10.6. The highest BCUT2D eigenvalue weighted by molar-refractivity contribution is 7.14. The number of nitrogens with zero attached hydrogens (tertiary/aromatic N) is 4. The van der Waals surface area contributed by atoms with E-state index in [9.17, 15) is 4.79 Å². The van der Waals surface area contributed by atoms with Crippen molar-refractivity contribution in [3.63, 3.8) is 0 Å². The molecule has 3 aromatic heterocycles. The maximum absolute atomic E-state index is 12.2. The zero-order valence-corrected chi connectivity index (χ0v) is 16.0. The summed E-state index contributed by atoms with van der Waals surface area (Å²) in [5.74, 6) is 0. The number of thiazole rings is 1. The van der Waals surface area contributed by atoms with Gasteiger partial charge in [-0.25, -0.2) is 9.78 Å². The highest BCUT2D eigenvalue weighted by Gasteiger charge is 2.09. The van der Waals surface area contributed by atoms with Gasteiger partial charge in [0, 0.05) is 48.7 Å². The van der Waals surface area contributed by atoms with E-state index >= 15 is 0 Å². The fourth-order valence-corrected chi connectivity index (χ4v) is 3.49. The van der Waals surface area contributed by atoms with Crippen LogP contribution < -0.4 is 10.6 Å². The summed E-state index contributed by atoms with van der Waals surface area (Å²) < 4.78 is 1.79. The van der Waals surface area contributed by atoms with Crippen LogP contribution in [0.3, 0.4) is 0 Å². The van der Waals surface area contributed by atoms with E-state index < -0.39 is 0 Å². The van der Waals surface area contributed by atoms with Gasteiger partial charge in [0.15, 0.2) is 5.13 Å². The summed E-state index contributed by atoms with van der Waals surface area (Å²) in [4.78, 5) is 20.9. The van der Waals surface area contributed by atoms with Crippen LogP contribution in [0.1, 0.15) is 5.56 Å². The molecule has 2 N–H and O–H groups in total. The molecule has 4 aromatic rings. The van der Waals surface area contributed by atoms with Gasteiger partial charge in [0.2, 0.25) is 0 Å². The van der Waals surface area contributed by atoms with Gasteiger partial charge in [-0.3, -0.25) is 15.0 Å². The molecule has 0 radical (unpaired) electrons. The Kier molecular flexibility index (Phi) is 5.11. The van der Waals surface area contributed by atoms with E-state index in [2.05, 4.69) is 25.7 Å². The van der Waals surface area contributed by atoms with E-state index in [1.165, 1.54) is 11.3 Å². The summed E-state index contributed by atoms with van der Waals surface area (Å²) in [6.45, 7) is 0.363. The molecule has 2 amide bonds. The summed E-state index contributed by atoms with van der Waals surface area (Å²) in [7, 11) is 1.88. The first-order chi connectivity index (χ1) is 13.7. The van der Waals surface area contributed by atoms with Gasteiger partial charge in [-0.2, -0.15) is 5.10 Å². The van der Waals surface area contributed by atoms with Gasteiger partial charge in [-0.15, -0.1) is 11.3 Å². The number of rotatable bonds is 5. The van der Waals surface area contributed by atoms with E-state index in [1.807, 2.05) is 54.9 Å². The number of anilines is 1. The lowest BCUT2D eigenvalue weighted by Gasteiger charge is -2.07. The van der Waals surface area contributed by atoms with E-state index in [0.717, 1.165) is 28.1 Å². The fourth-order valence-electron chi connectivity index (χ4n) is 2.78. The molecule has 0 saturated heterocycles. The number of hydrogen-bond donors (Lipinski definition) is 2. The van der Waals surface area contributed by atoms with Crippen molar-refractivity contribution < 1.29 is 4.79 Å². The summed E-state index contributed by atoms with van der Waals surface area (Å²) in [6, 6.07) is 13.5. The van der Waals surface area contributed by atoms with Gasteiger partial charge >= 0.3 is 6.03 Å². The average molecular weight is 390 g/mol. The molecule has 140 valence electrons. The Labute approximate surface area is 166 Å². The number of aromatic nitrogens is 4. The first-order valence-corrected chi connectivity index (χ1v) is 9.55. The van der Waals surface area contributed by atoms with Crippen LogP contribution in [0.25, 0.3) is 22.5 Å². The lowest BCUT2D eigenvalue weighted by Crippen LogP contribution is -2.28. The predicted octanol–water partition coefficient (Wildman–Crippen LogP) is 3.93. The van der Waals surface area contributed by atoms with Crippen molar-refractivity contribution in [1.82, 2.24) is 25.1 Å². The Morgan fingerprint density at radius 1 is 1.14 bits per heavy atom. The van der Waals surface area contributed by atoms with Crippen molar-refractivity contribution in [1.29, 1.82) is 0 Å². The van der Waals surface area contributed by atoms with Gasteiger partial charge in [0.1, 0.15) is 0 Å². The molecule has 8 heteroatoms. The minimum atomic E-state index is -0.306. The molecule has 7 nitrogen and oxygen atoms in total. The van der Waals surface area contributed by atoms with Crippen molar-refractivity contribution >= 4 is 22.5 Å². The number of carbonyl (C=O) groups is 1. The summed E-state index contributed by atoms with van der Waals surface area (Å²) >= 11 is 1.39. The summed E-state index contributed by atoms with van der Waals surface area (Å²) in [5, 5.41) is 12.3. The molecule has 0 aliphatic rings. The van der Waals surface area contributed by atoms with Crippen LogP contribution in [0.5, 0.6) is 0 Å². The third-order valence-corrected chi connectivity index (χ3v) is 4.92. The molecule has 4 rings (SSSR count). The second-order valence-electron chi connectivity index (χ2n) is 6.13. The van der Waals surface area contributed by atoms with Crippen molar-refractivity contribution in [3.8, 4) is 22.5 Å². The van der Waals surface area contributed by atoms with Crippen molar-refractivity contribution in [3.05, 3.63) is 72.0 Å². The maximum atomic E-state index is 12.2. The first-order valence-electron chi connectivity index (χ1n) is 8.67. The SMILES string of the molecule is Cn1nccc1-c1cncc(CNC(=O)Nc2nc(-c3ccccc3)cs2)c1. The quantitative estimate of drug-likeness (QED) is 0.541. The van der Waals surface area contributed by atoms with Gasteiger partial charge in [-0.1, -0.05) is 30.3 Å². The Balaban J connectivity index is 1.36. The second-order valence-corrected chi connectivity index (χ2v) is 6.99. The maximum Gasteiger partial charge on any atom is 0.321 e. The fraction of sp³-hybridized carbons (Fsp3) is 0.100. The van der Waals surface area contributed by atoms with Crippen LogP contribution in [0.15, 0.2) is 66.4 Å². The standard InChI is InChI=1S/C20H18N6OS/c1-26-18(7-8-23-26)16-9-14(10-21-12-16)11-22-19(27)25-20-24-17(13-28-20)15-5-3-2-4-6-15/h2-10,12-13H,11H2,1H3,(H2,22,24,25,27). The Morgan fingerprint density at radius 3 is 2.79 bits per heavy atom. The third-order valence-electron chi connectivity index (χ3n) is 4.16. The van der Waals surface area contributed by atoms with Gasteiger partial charge in [0.05, 0.1) is 11.4 Å². The first kappa shape index (κ1) is 17.9. The lowest BCUT2D eigenvalue weighted by atomic mass is 10.1. The predicted molar refractivity (Wildman–Crippen MR) is 110 cm³/mol. The topological polar surface area (TPSA) is 84.7 Å². The monoisotopic (exact) mass is 390 g/mol. The number of hydrogen-bond acceptors (Lipinski definition) is 5. The van der Waals surface area contributed by atoms with E-state index in [4.69, 9.17) is 0 Å². The van der Waals surface area contributed by atoms with Crippen LogP contribution >= 0.6 is 11.3 Å². The van der Waals surface area contributed by atoms with Crippen molar-refractivity contribution in [2.24, 2.45) is 7.05 Å². The molecule has 1 aromatic carbocycles.